The largest absolute Gasteiger partial charge is 0.482 e. The maximum atomic E-state index is 12.9. The Morgan fingerprint density at radius 2 is 2.20 bits per heavy atom. The molecule has 1 fully saturated rings. The van der Waals surface area contributed by atoms with E-state index in [2.05, 4.69) is 12.2 Å². The maximum Gasteiger partial charge on any atom is 0.258 e. The standard InChI is InChI=1S/C15H19ClFNO2/c1-10-4-2-3-5-13(10)18-15(19)9-20-14-7-6-11(17)8-12(14)16/h6-8,10,13H,2-5,9H2,1H3,(H,18,19)/t10-,13-/m1/s1. The summed E-state index contributed by atoms with van der Waals surface area (Å²) in [6.45, 7) is 2.05. The molecule has 0 heterocycles. The predicted molar refractivity (Wildman–Crippen MR) is 76.5 cm³/mol. The normalized spacial score (nSPS) is 22.4. The summed E-state index contributed by atoms with van der Waals surface area (Å²) in [6.07, 6.45) is 4.55. The van der Waals surface area contributed by atoms with Crippen molar-refractivity contribution in [2.45, 2.75) is 38.6 Å². The third-order valence-corrected chi connectivity index (χ3v) is 4.01. The Morgan fingerprint density at radius 1 is 1.45 bits per heavy atom. The lowest BCUT2D eigenvalue weighted by Crippen LogP contribution is -2.43. The molecule has 1 aromatic rings. The van der Waals surface area contributed by atoms with Crippen LogP contribution >= 0.6 is 11.6 Å². The second-order valence-electron chi connectivity index (χ2n) is 5.30. The van der Waals surface area contributed by atoms with Gasteiger partial charge in [-0.25, -0.2) is 4.39 Å². The number of hydrogen-bond acceptors (Lipinski definition) is 2. The minimum Gasteiger partial charge on any atom is -0.482 e. The number of carbonyl (C=O) groups excluding carboxylic acids is 1. The molecule has 20 heavy (non-hydrogen) atoms. The Labute approximate surface area is 123 Å². The van der Waals surface area contributed by atoms with E-state index in [4.69, 9.17) is 16.3 Å². The van der Waals surface area contributed by atoms with Crippen molar-refractivity contribution in [3.8, 4) is 5.75 Å². The Balaban J connectivity index is 1.82. The van der Waals surface area contributed by atoms with Gasteiger partial charge in [-0.05, 0) is 37.0 Å². The van der Waals surface area contributed by atoms with E-state index in [1.807, 2.05) is 0 Å². The second-order valence-corrected chi connectivity index (χ2v) is 5.71. The van der Waals surface area contributed by atoms with Crippen LogP contribution in [0.3, 0.4) is 0 Å². The molecular weight excluding hydrogens is 281 g/mol. The highest BCUT2D eigenvalue weighted by Crippen LogP contribution is 2.25. The third kappa shape index (κ3) is 4.10. The highest BCUT2D eigenvalue weighted by atomic mass is 35.5. The molecule has 1 aliphatic carbocycles. The summed E-state index contributed by atoms with van der Waals surface area (Å²) in [6, 6.07) is 4.07. The molecule has 1 amide bonds. The maximum absolute atomic E-state index is 12.9. The van der Waals surface area contributed by atoms with Crippen molar-refractivity contribution in [3.63, 3.8) is 0 Å². The molecule has 1 aliphatic rings. The Bertz CT molecular complexity index is 481. The van der Waals surface area contributed by atoms with Crippen LogP contribution in [0, 0.1) is 11.7 Å². The van der Waals surface area contributed by atoms with Gasteiger partial charge in [0, 0.05) is 6.04 Å². The second kappa shape index (κ2) is 6.93. The van der Waals surface area contributed by atoms with E-state index in [0.29, 0.717) is 11.7 Å². The van der Waals surface area contributed by atoms with Crippen LogP contribution in [-0.2, 0) is 4.79 Å². The van der Waals surface area contributed by atoms with E-state index in [1.54, 1.807) is 0 Å². The molecule has 0 bridgehead atoms. The number of benzene rings is 1. The molecule has 0 unspecified atom stereocenters. The van der Waals surface area contributed by atoms with Crippen molar-refractivity contribution in [1.82, 2.24) is 5.32 Å². The number of rotatable bonds is 4. The lowest BCUT2D eigenvalue weighted by Gasteiger charge is -2.29. The van der Waals surface area contributed by atoms with Gasteiger partial charge in [-0.3, -0.25) is 4.79 Å². The zero-order chi connectivity index (χ0) is 14.5. The van der Waals surface area contributed by atoms with E-state index in [-0.39, 0.29) is 23.6 Å². The van der Waals surface area contributed by atoms with E-state index in [0.717, 1.165) is 25.3 Å². The fourth-order valence-corrected chi connectivity index (χ4v) is 2.74. The van der Waals surface area contributed by atoms with Gasteiger partial charge in [0.05, 0.1) is 5.02 Å². The third-order valence-electron chi connectivity index (χ3n) is 3.71. The Kier molecular flexibility index (Phi) is 5.24. The van der Waals surface area contributed by atoms with Crippen LogP contribution < -0.4 is 10.1 Å². The van der Waals surface area contributed by atoms with Gasteiger partial charge >= 0.3 is 0 Å². The zero-order valence-electron chi connectivity index (χ0n) is 11.5. The van der Waals surface area contributed by atoms with Crippen molar-refractivity contribution in [1.29, 1.82) is 0 Å². The summed E-state index contributed by atoms with van der Waals surface area (Å²) in [5, 5.41) is 3.16. The summed E-state index contributed by atoms with van der Waals surface area (Å²) in [7, 11) is 0. The minimum atomic E-state index is -0.428. The molecule has 1 N–H and O–H groups in total. The number of hydrogen-bond donors (Lipinski definition) is 1. The van der Waals surface area contributed by atoms with Gasteiger partial charge in [-0.1, -0.05) is 31.4 Å². The van der Waals surface area contributed by atoms with Crippen molar-refractivity contribution >= 4 is 17.5 Å². The number of amides is 1. The smallest absolute Gasteiger partial charge is 0.258 e. The molecule has 110 valence electrons. The number of carbonyl (C=O) groups is 1. The first-order chi connectivity index (χ1) is 9.56. The number of ether oxygens (including phenoxy) is 1. The van der Waals surface area contributed by atoms with Gasteiger partial charge in [-0.15, -0.1) is 0 Å². The number of halogens is 2. The summed E-state index contributed by atoms with van der Waals surface area (Å²) in [5.74, 6) is 0.231. The zero-order valence-corrected chi connectivity index (χ0v) is 12.3. The SMILES string of the molecule is C[C@@H]1CCCC[C@H]1NC(=O)COc1ccc(F)cc1Cl. The molecule has 5 heteroatoms. The molecule has 2 rings (SSSR count). The molecular formula is C15H19ClFNO2. The Hall–Kier alpha value is -1.29. The van der Waals surface area contributed by atoms with Crippen molar-refractivity contribution < 1.29 is 13.9 Å². The summed E-state index contributed by atoms with van der Waals surface area (Å²) < 4.78 is 18.2. The summed E-state index contributed by atoms with van der Waals surface area (Å²) in [4.78, 5) is 11.9. The fraction of sp³-hybridized carbons (Fsp3) is 0.533. The van der Waals surface area contributed by atoms with Gasteiger partial charge in [0.25, 0.3) is 5.91 Å². The van der Waals surface area contributed by atoms with Crippen LogP contribution in [0.4, 0.5) is 4.39 Å². The van der Waals surface area contributed by atoms with Gasteiger partial charge in [0.1, 0.15) is 11.6 Å². The minimum absolute atomic E-state index is 0.103. The molecule has 2 atom stereocenters. The summed E-state index contributed by atoms with van der Waals surface area (Å²) >= 11 is 5.83. The monoisotopic (exact) mass is 299 g/mol. The number of nitrogens with one attached hydrogen (secondary N) is 1. The lowest BCUT2D eigenvalue weighted by atomic mass is 9.86. The van der Waals surface area contributed by atoms with E-state index < -0.39 is 5.82 Å². The van der Waals surface area contributed by atoms with Crippen molar-refractivity contribution in [2.24, 2.45) is 5.92 Å². The van der Waals surface area contributed by atoms with Crippen LogP contribution in [0.1, 0.15) is 32.6 Å². The van der Waals surface area contributed by atoms with Crippen molar-refractivity contribution in [3.05, 3.63) is 29.0 Å². The fourth-order valence-electron chi connectivity index (χ4n) is 2.51. The van der Waals surface area contributed by atoms with Crippen LogP contribution in [0.5, 0.6) is 5.75 Å². The first kappa shape index (κ1) is 15.1. The highest BCUT2D eigenvalue weighted by Gasteiger charge is 2.22. The average molecular weight is 300 g/mol. The quantitative estimate of drug-likeness (QED) is 0.923. The molecule has 1 aromatic carbocycles. The molecule has 1 saturated carbocycles. The summed E-state index contributed by atoms with van der Waals surface area (Å²) in [5.41, 5.74) is 0. The van der Waals surface area contributed by atoms with Gasteiger partial charge < -0.3 is 10.1 Å². The molecule has 0 saturated heterocycles. The topological polar surface area (TPSA) is 38.3 Å². The predicted octanol–water partition coefficient (Wildman–Crippen LogP) is 3.55. The van der Waals surface area contributed by atoms with Crippen LogP contribution in [0.15, 0.2) is 18.2 Å². The lowest BCUT2D eigenvalue weighted by molar-refractivity contribution is -0.124. The van der Waals surface area contributed by atoms with Gasteiger partial charge in [-0.2, -0.15) is 0 Å². The van der Waals surface area contributed by atoms with Gasteiger partial charge in [0.15, 0.2) is 6.61 Å². The highest BCUT2D eigenvalue weighted by molar-refractivity contribution is 6.32. The molecule has 0 aromatic heterocycles. The molecule has 0 spiro atoms. The first-order valence-corrected chi connectivity index (χ1v) is 7.31. The van der Waals surface area contributed by atoms with E-state index >= 15 is 0 Å². The molecule has 0 aliphatic heterocycles. The van der Waals surface area contributed by atoms with Crippen molar-refractivity contribution in [2.75, 3.05) is 6.61 Å². The van der Waals surface area contributed by atoms with Crippen LogP contribution in [0.2, 0.25) is 5.02 Å². The van der Waals surface area contributed by atoms with Gasteiger partial charge in [0.2, 0.25) is 0 Å². The Morgan fingerprint density at radius 3 is 2.90 bits per heavy atom. The van der Waals surface area contributed by atoms with Crippen LogP contribution in [0.25, 0.3) is 0 Å². The molecule has 0 radical (unpaired) electrons. The van der Waals surface area contributed by atoms with E-state index in [9.17, 15) is 9.18 Å². The van der Waals surface area contributed by atoms with E-state index in [1.165, 1.54) is 18.6 Å². The first-order valence-electron chi connectivity index (χ1n) is 6.93. The average Bonchev–Trinajstić information content (AvgIpc) is 2.40. The molecule has 3 nitrogen and oxygen atoms in total. The van der Waals surface area contributed by atoms with Crippen LogP contribution in [-0.4, -0.2) is 18.6 Å².